The molecule has 0 aliphatic carbocycles. The first-order chi connectivity index (χ1) is 20.5. The van der Waals surface area contributed by atoms with Gasteiger partial charge < -0.3 is 43.9 Å². The molecule has 2 fully saturated rings. The van der Waals surface area contributed by atoms with Crippen LogP contribution in [-0.2, 0) is 0 Å². The monoisotopic (exact) mass is 574 g/mol. The molecule has 4 heterocycles. The average molecular weight is 575 g/mol. The molecule has 2 saturated heterocycles. The van der Waals surface area contributed by atoms with E-state index in [1.54, 1.807) is 27.7 Å². The van der Waals surface area contributed by atoms with Crippen molar-refractivity contribution in [3.05, 3.63) is 42.9 Å². The van der Waals surface area contributed by atoms with Crippen molar-refractivity contribution in [2.45, 2.75) is 18.9 Å². The number of rotatable bonds is 9. The van der Waals surface area contributed by atoms with E-state index in [9.17, 15) is 5.11 Å². The average Bonchev–Trinajstić information content (AvgIpc) is 3.70. The fraction of sp³-hybridized carbons (Fsp3) is 0.433. The van der Waals surface area contributed by atoms with Crippen molar-refractivity contribution in [1.29, 1.82) is 0 Å². The number of nitrogens with one attached hydrogen (secondary N) is 1. The highest BCUT2D eigenvalue weighted by atomic mass is 16.5. The summed E-state index contributed by atoms with van der Waals surface area (Å²) in [5.74, 6) is 3.54. The predicted molar refractivity (Wildman–Crippen MR) is 163 cm³/mol. The largest absolute Gasteiger partial charge is 0.493 e. The third-order valence-corrected chi connectivity index (χ3v) is 8.16. The van der Waals surface area contributed by atoms with Crippen LogP contribution in [0.3, 0.4) is 0 Å². The number of anilines is 4. The van der Waals surface area contributed by atoms with Crippen molar-refractivity contribution in [3.63, 3.8) is 0 Å². The van der Waals surface area contributed by atoms with Crippen LogP contribution in [0.25, 0.3) is 16.6 Å². The minimum absolute atomic E-state index is 0.00959. The van der Waals surface area contributed by atoms with Crippen LogP contribution in [0.1, 0.15) is 12.8 Å². The Morgan fingerprint density at radius 3 is 2.38 bits per heavy atom. The van der Waals surface area contributed by atoms with E-state index < -0.39 is 0 Å². The van der Waals surface area contributed by atoms with Gasteiger partial charge in [0.25, 0.3) is 0 Å². The van der Waals surface area contributed by atoms with Crippen molar-refractivity contribution in [3.8, 4) is 22.9 Å². The van der Waals surface area contributed by atoms with Gasteiger partial charge in [-0.2, -0.15) is 4.98 Å². The minimum Gasteiger partial charge on any atom is -0.493 e. The number of likely N-dealkylation sites (N-methyl/N-ethyl adjacent to an activating group) is 1. The summed E-state index contributed by atoms with van der Waals surface area (Å²) in [6, 6.07) is 10.1. The molecule has 12 heteroatoms. The SMILES string of the molecule is COc1cc(-n2cnc(Nc3nc(N4CCC[C@H]4CO)nc4cc(N5CCN(C)CC5)ccc34)c2)cc(OC)c1OC. The summed E-state index contributed by atoms with van der Waals surface area (Å²) >= 11 is 0. The van der Waals surface area contributed by atoms with E-state index in [0.29, 0.717) is 34.8 Å². The first-order valence-electron chi connectivity index (χ1n) is 14.3. The van der Waals surface area contributed by atoms with Crippen LogP contribution in [0.4, 0.5) is 23.3 Å². The Balaban J connectivity index is 1.36. The molecule has 0 unspecified atom stereocenters. The molecule has 42 heavy (non-hydrogen) atoms. The summed E-state index contributed by atoms with van der Waals surface area (Å²) < 4.78 is 18.4. The summed E-state index contributed by atoms with van der Waals surface area (Å²) in [7, 11) is 6.93. The Kier molecular flexibility index (Phi) is 7.90. The molecular weight excluding hydrogens is 536 g/mol. The van der Waals surface area contributed by atoms with E-state index >= 15 is 0 Å². The van der Waals surface area contributed by atoms with Gasteiger partial charge >= 0.3 is 0 Å². The van der Waals surface area contributed by atoms with Gasteiger partial charge in [-0.05, 0) is 38.1 Å². The van der Waals surface area contributed by atoms with Crippen LogP contribution in [0.2, 0.25) is 0 Å². The maximum atomic E-state index is 10.0. The van der Waals surface area contributed by atoms with Gasteiger partial charge in [-0.15, -0.1) is 0 Å². The minimum atomic E-state index is 0.00959. The van der Waals surface area contributed by atoms with E-state index in [4.69, 9.17) is 24.2 Å². The second-order valence-corrected chi connectivity index (χ2v) is 10.7. The molecule has 1 atom stereocenters. The molecule has 0 amide bonds. The lowest BCUT2D eigenvalue weighted by Gasteiger charge is -2.34. The van der Waals surface area contributed by atoms with Crippen LogP contribution in [-0.4, -0.2) is 103 Å². The van der Waals surface area contributed by atoms with Crippen molar-refractivity contribution in [2.75, 3.05) is 82.8 Å². The molecule has 2 aromatic heterocycles. The van der Waals surface area contributed by atoms with Gasteiger partial charge in [0, 0.05) is 55.9 Å². The smallest absolute Gasteiger partial charge is 0.228 e. The topological polar surface area (TPSA) is 113 Å². The normalized spacial score (nSPS) is 17.6. The molecule has 0 radical (unpaired) electrons. The number of hydrogen-bond donors (Lipinski definition) is 2. The van der Waals surface area contributed by atoms with Gasteiger partial charge in [-0.25, -0.2) is 9.97 Å². The van der Waals surface area contributed by atoms with Crippen LogP contribution >= 0.6 is 0 Å². The predicted octanol–water partition coefficient (Wildman–Crippen LogP) is 3.30. The Hall–Kier alpha value is -4.29. The number of aliphatic hydroxyl groups excluding tert-OH is 1. The lowest BCUT2D eigenvalue weighted by Crippen LogP contribution is -2.44. The number of aliphatic hydroxyl groups is 1. The molecule has 4 aromatic rings. The summed E-state index contributed by atoms with van der Waals surface area (Å²) in [4.78, 5) is 21.4. The molecule has 0 bridgehead atoms. The Bertz CT molecular complexity index is 1530. The second kappa shape index (κ2) is 11.9. The zero-order valence-electron chi connectivity index (χ0n) is 24.6. The zero-order chi connectivity index (χ0) is 29.2. The van der Waals surface area contributed by atoms with Crippen molar-refractivity contribution < 1.29 is 19.3 Å². The quantitative estimate of drug-likeness (QED) is 0.307. The zero-order valence-corrected chi connectivity index (χ0v) is 24.6. The maximum Gasteiger partial charge on any atom is 0.228 e. The van der Waals surface area contributed by atoms with Crippen LogP contribution in [0, 0.1) is 0 Å². The van der Waals surface area contributed by atoms with Gasteiger partial charge in [0.05, 0.1) is 51.4 Å². The molecule has 2 aromatic carbocycles. The van der Waals surface area contributed by atoms with Crippen molar-refractivity contribution in [1.82, 2.24) is 24.4 Å². The van der Waals surface area contributed by atoms with Gasteiger partial charge in [-0.3, -0.25) is 0 Å². The number of imidazole rings is 1. The number of nitrogens with zero attached hydrogens (tertiary/aromatic N) is 7. The van der Waals surface area contributed by atoms with Crippen LogP contribution < -0.4 is 29.3 Å². The highest BCUT2D eigenvalue weighted by molar-refractivity contribution is 5.93. The molecule has 0 saturated carbocycles. The van der Waals surface area contributed by atoms with E-state index in [1.165, 1.54) is 0 Å². The molecule has 0 spiro atoms. The van der Waals surface area contributed by atoms with Crippen molar-refractivity contribution >= 4 is 34.2 Å². The van der Waals surface area contributed by atoms with Gasteiger partial charge in [0.15, 0.2) is 11.5 Å². The third-order valence-electron chi connectivity index (χ3n) is 8.16. The molecule has 2 aliphatic rings. The van der Waals surface area contributed by atoms with E-state index in [1.807, 2.05) is 22.9 Å². The first kappa shape index (κ1) is 27.9. The highest BCUT2D eigenvalue weighted by Gasteiger charge is 2.27. The number of aromatic nitrogens is 4. The summed E-state index contributed by atoms with van der Waals surface area (Å²) in [5.41, 5.74) is 2.81. The third kappa shape index (κ3) is 5.35. The summed E-state index contributed by atoms with van der Waals surface area (Å²) in [6.07, 6.45) is 5.53. The van der Waals surface area contributed by atoms with Gasteiger partial charge in [0.2, 0.25) is 11.7 Å². The number of benzene rings is 2. The number of fused-ring (bicyclic) bond motifs is 1. The highest BCUT2D eigenvalue weighted by Crippen LogP contribution is 2.39. The maximum absolute atomic E-state index is 10.0. The molecular formula is C30H38N8O4. The standard InChI is InChI=1S/C30H38N8O4/c1-35-10-12-36(13-11-35)20-7-8-23-24(14-20)32-30(38-9-5-6-21(38)18-39)34-29(23)33-27-17-37(19-31-27)22-15-25(40-2)28(42-4)26(16-22)41-3/h7-8,14-17,19,21,39H,5-6,9-13,18H2,1-4H3,(H,32,33,34)/t21-/m0/s1. The fourth-order valence-corrected chi connectivity index (χ4v) is 5.75. The fourth-order valence-electron chi connectivity index (χ4n) is 5.75. The molecule has 222 valence electrons. The van der Waals surface area contributed by atoms with Gasteiger partial charge in [-0.1, -0.05) is 0 Å². The number of hydrogen-bond acceptors (Lipinski definition) is 11. The van der Waals surface area contributed by atoms with Crippen LogP contribution in [0.5, 0.6) is 17.2 Å². The van der Waals surface area contributed by atoms with Crippen LogP contribution in [0.15, 0.2) is 42.9 Å². The molecule has 6 rings (SSSR count). The van der Waals surface area contributed by atoms with E-state index in [2.05, 4.69) is 50.2 Å². The Morgan fingerprint density at radius 1 is 0.929 bits per heavy atom. The molecule has 2 N–H and O–H groups in total. The Labute approximate surface area is 245 Å². The number of ether oxygens (including phenoxy) is 3. The number of methoxy groups -OCH3 is 3. The van der Waals surface area contributed by atoms with E-state index in [0.717, 1.165) is 67.8 Å². The molecule has 12 nitrogen and oxygen atoms in total. The van der Waals surface area contributed by atoms with Gasteiger partial charge in [0.1, 0.15) is 18.0 Å². The lowest BCUT2D eigenvalue weighted by molar-refractivity contribution is 0.265. The number of piperazine rings is 1. The van der Waals surface area contributed by atoms with E-state index in [-0.39, 0.29) is 12.6 Å². The first-order valence-corrected chi connectivity index (χ1v) is 14.3. The van der Waals surface area contributed by atoms with Crippen molar-refractivity contribution in [2.24, 2.45) is 0 Å². The summed E-state index contributed by atoms with van der Waals surface area (Å²) in [6.45, 7) is 4.89. The molecule has 2 aliphatic heterocycles. The second-order valence-electron chi connectivity index (χ2n) is 10.7. The Morgan fingerprint density at radius 2 is 1.69 bits per heavy atom. The summed E-state index contributed by atoms with van der Waals surface area (Å²) in [5, 5.41) is 14.3. The lowest BCUT2D eigenvalue weighted by atomic mass is 10.1.